The van der Waals surface area contributed by atoms with E-state index in [9.17, 15) is 14.7 Å². The minimum atomic E-state index is -1.82. The van der Waals surface area contributed by atoms with Gasteiger partial charge in [0.1, 0.15) is 0 Å². The van der Waals surface area contributed by atoms with Crippen molar-refractivity contribution in [3.05, 3.63) is 81.0 Å². The molecule has 2 aromatic carbocycles. The summed E-state index contributed by atoms with van der Waals surface area (Å²) in [7, 11) is 0. The van der Waals surface area contributed by atoms with Crippen molar-refractivity contribution >= 4 is 22.8 Å². The summed E-state index contributed by atoms with van der Waals surface area (Å²) >= 11 is 0. The first kappa shape index (κ1) is 24.9. The molecule has 1 aliphatic rings. The van der Waals surface area contributed by atoms with Crippen LogP contribution >= 0.6 is 0 Å². The van der Waals surface area contributed by atoms with Crippen molar-refractivity contribution in [1.82, 2.24) is 14.5 Å². The highest BCUT2D eigenvalue weighted by molar-refractivity contribution is 6.27. The normalized spacial score (nSPS) is 15.3. The van der Waals surface area contributed by atoms with Crippen LogP contribution in [-0.2, 0) is 16.1 Å². The highest BCUT2D eigenvalue weighted by Crippen LogP contribution is 2.30. The Labute approximate surface area is 194 Å². The largest absolute Gasteiger partial charge is 0.473 e. The number of aliphatic hydroxyl groups excluding tert-OH is 1. The molecule has 3 aromatic rings. The van der Waals surface area contributed by atoms with Gasteiger partial charge in [-0.15, -0.1) is 0 Å². The number of hydrogen-bond donors (Lipinski definition) is 4. The van der Waals surface area contributed by atoms with Crippen LogP contribution in [-0.4, -0.2) is 61.3 Å². The maximum absolute atomic E-state index is 12.6. The number of rotatable bonds is 5. The minimum Gasteiger partial charge on any atom is -0.473 e. The number of carboxylic acids is 2. The number of nitrogens with zero attached hydrogens (tertiary/aromatic N) is 2. The number of aromatic amines is 1. The van der Waals surface area contributed by atoms with E-state index >= 15 is 0 Å². The van der Waals surface area contributed by atoms with E-state index in [-0.39, 0.29) is 17.2 Å². The van der Waals surface area contributed by atoms with Crippen LogP contribution in [0.5, 0.6) is 0 Å². The summed E-state index contributed by atoms with van der Waals surface area (Å²) in [5.74, 6) is -3.41. The molecule has 0 radical (unpaired) electrons. The molecular weight excluding hydrogens is 442 g/mol. The number of H-pyrrole nitrogens is 1. The van der Waals surface area contributed by atoms with Gasteiger partial charge in [0.2, 0.25) is 0 Å². The summed E-state index contributed by atoms with van der Waals surface area (Å²) in [6.07, 6.45) is 1.37. The Bertz CT molecular complexity index is 1230. The Kier molecular flexibility index (Phi) is 8.34. The van der Waals surface area contributed by atoms with Gasteiger partial charge in [-0.25, -0.2) is 14.4 Å². The van der Waals surface area contributed by atoms with Gasteiger partial charge in [0, 0.05) is 13.1 Å². The van der Waals surface area contributed by atoms with Crippen LogP contribution in [0.3, 0.4) is 0 Å². The summed E-state index contributed by atoms with van der Waals surface area (Å²) in [5, 5.41) is 25.9. The smallest absolute Gasteiger partial charge is 0.414 e. The van der Waals surface area contributed by atoms with E-state index in [0.29, 0.717) is 24.0 Å². The molecule has 0 bridgehead atoms. The molecule has 180 valence electrons. The second-order valence-corrected chi connectivity index (χ2v) is 8.08. The van der Waals surface area contributed by atoms with Crippen LogP contribution in [0.1, 0.15) is 24.5 Å². The third-order valence-corrected chi connectivity index (χ3v) is 5.93. The zero-order valence-corrected chi connectivity index (χ0v) is 18.5. The van der Waals surface area contributed by atoms with Crippen LogP contribution in [0.2, 0.25) is 0 Å². The van der Waals surface area contributed by atoms with Gasteiger partial charge in [0.05, 0.1) is 17.0 Å². The summed E-state index contributed by atoms with van der Waals surface area (Å²) < 4.78 is 1.28. The van der Waals surface area contributed by atoms with Gasteiger partial charge in [-0.05, 0) is 49.5 Å². The fourth-order valence-electron chi connectivity index (χ4n) is 4.06. The van der Waals surface area contributed by atoms with Gasteiger partial charge >= 0.3 is 17.6 Å². The van der Waals surface area contributed by atoms with E-state index < -0.39 is 18.0 Å². The molecule has 4 rings (SSSR count). The fourth-order valence-corrected chi connectivity index (χ4v) is 4.06. The molecule has 1 aliphatic heterocycles. The molecule has 0 amide bonds. The van der Waals surface area contributed by atoms with E-state index in [0.717, 1.165) is 31.5 Å². The van der Waals surface area contributed by atoms with Crippen LogP contribution in [0, 0.1) is 5.92 Å². The van der Waals surface area contributed by atoms with E-state index in [4.69, 9.17) is 19.8 Å². The Morgan fingerprint density at radius 1 is 0.912 bits per heavy atom. The topological polar surface area (TPSA) is 153 Å². The second-order valence-electron chi connectivity index (χ2n) is 8.08. The van der Waals surface area contributed by atoms with Gasteiger partial charge in [0.15, 0.2) is 0 Å². The van der Waals surface area contributed by atoms with Crippen LogP contribution in [0.25, 0.3) is 10.9 Å². The maximum atomic E-state index is 12.6. The Morgan fingerprint density at radius 3 is 2.12 bits per heavy atom. The highest BCUT2D eigenvalue weighted by Gasteiger charge is 2.26. The lowest BCUT2D eigenvalue weighted by Gasteiger charge is -2.34. The molecule has 1 fully saturated rings. The number of aliphatic carboxylic acids is 2. The summed E-state index contributed by atoms with van der Waals surface area (Å²) in [6, 6.07) is 16.9. The van der Waals surface area contributed by atoms with Crippen molar-refractivity contribution in [2.45, 2.75) is 25.5 Å². The lowest BCUT2D eigenvalue weighted by Crippen LogP contribution is -2.42. The van der Waals surface area contributed by atoms with Gasteiger partial charge in [-0.3, -0.25) is 9.36 Å². The van der Waals surface area contributed by atoms with Gasteiger partial charge in [-0.2, -0.15) is 0 Å². The molecule has 34 heavy (non-hydrogen) atoms. The Morgan fingerprint density at radius 2 is 1.50 bits per heavy atom. The quantitative estimate of drug-likeness (QED) is 0.408. The monoisotopic (exact) mass is 469 g/mol. The molecule has 0 saturated carbocycles. The summed E-state index contributed by atoms with van der Waals surface area (Å²) in [6.45, 7) is 2.73. The number of para-hydroxylation sites is 1. The van der Waals surface area contributed by atoms with Crippen molar-refractivity contribution in [1.29, 1.82) is 0 Å². The number of aromatic nitrogens is 2. The van der Waals surface area contributed by atoms with Gasteiger partial charge in [-0.1, -0.05) is 42.5 Å². The Hall–Kier alpha value is -3.76. The number of hydrogen-bond acceptors (Lipinski definition) is 6. The predicted octanol–water partition coefficient (Wildman–Crippen LogP) is 1.29. The van der Waals surface area contributed by atoms with Gasteiger partial charge < -0.3 is 25.2 Å². The lowest BCUT2D eigenvalue weighted by atomic mass is 9.87. The highest BCUT2D eigenvalue weighted by atomic mass is 16.4. The number of piperidine rings is 1. The van der Waals surface area contributed by atoms with E-state index in [1.54, 1.807) is 24.3 Å². The molecule has 1 atom stereocenters. The average Bonchev–Trinajstić information content (AvgIpc) is 2.84. The number of likely N-dealkylation sites (tertiary alicyclic amines) is 1. The van der Waals surface area contributed by atoms with Crippen molar-refractivity contribution in [3.63, 3.8) is 0 Å². The molecule has 1 aromatic heterocycles. The third kappa shape index (κ3) is 6.18. The maximum Gasteiger partial charge on any atom is 0.414 e. The molecule has 10 nitrogen and oxygen atoms in total. The second kappa shape index (κ2) is 11.4. The molecule has 1 unspecified atom stereocenters. The average molecular weight is 469 g/mol. The first-order valence-electron chi connectivity index (χ1n) is 10.9. The van der Waals surface area contributed by atoms with Crippen LogP contribution in [0.4, 0.5) is 0 Å². The lowest BCUT2D eigenvalue weighted by molar-refractivity contribution is -0.159. The number of fused-ring (bicyclic) bond motifs is 1. The summed E-state index contributed by atoms with van der Waals surface area (Å²) in [5.41, 5.74) is 0.937. The van der Waals surface area contributed by atoms with Crippen LogP contribution in [0.15, 0.2) is 64.2 Å². The van der Waals surface area contributed by atoms with E-state index in [1.165, 1.54) is 4.57 Å². The first-order valence-corrected chi connectivity index (χ1v) is 10.9. The zero-order chi connectivity index (χ0) is 24.7. The van der Waals surface area contributed by atoms with E-state index in [2.05, 4.69) is 9.88 Å². The third-order valence-electron chi connectivity index (χ3n) is 5.93. The first-order chi connectivity index (χ1) is 16.3. The molecule has 10 heteroatoms. The van der Waals surface area contributed by atoms with Crippen molar-refractivity contribution in [2.24, 2.45) is 5.92 Å². The molecule has 2 heterocycles. The Balaban J connectivity index is 0.000000481. The number of carbonyl (C=O) groups is 2. The molecule has 4 N–H and O–H groups in total. The van der Waals surface area contributed by atoms with Crippen molar-refractivity contribution in [3.8, 4) is 0 Å². The molecule has 0 aliphatic carbocycles. The SMILES string of the molecule is O=C(O)C(=O)O.O=c1[nH]c2ccccc2c(=O)n1CCN1CCC(C(O)c2ccccc2)CC1. The number of carboxylic acid groups (broad SMARTS) is 2. The molecular formula is C24H27N3O7. The minimum absolute atomic E-state index is 0.241. The number of benzene rings is 2. The zero-order valence-electron chi connectivity index (χ0n) is 18.5. The standard InChI is InChI=1S/C22H25N3O3.C2H2O4/c26-20(16-6-2-1-3-7-16)17-10-12-24(13-11-17)14-15-25-21(27)18-8-4-5-9-19(18)23-22(25)28;3-1(4)2(5)6/h1-9,17,20,26H,10-15H2,(H,23,28);(H,3,4)(H,5,6). The number of aliphatic hydroxyl groups is 1. The molecule has 1 saturated heterocycles. The van der Waals surface area contributed by atoms with Crippen LogP contribution < -0.4 is 11.2 Å². The van der Waals surface area contributed by atoms with Gasteiger partial charge in [0.25, 0.3) is 5.56 Å². The molecule has 0 spiro atoms. The summed E-state index contributed by atoms with van der Waals surface area (Å²) in [4.78, 5) is 48.1. The van der Waals surface area contributed by atoms with Crippen molar-refractivity contribution in [2.75, 3.05) is 19.6 Å². The fraction of sp³-hybridized carbons (Fsp3) is 0.333. The van der Waals surface area contributed by atoms with Crippen molar-refractivity contribution < 1.29 is 24.9 Å². The van der Waals surface area contributed by atoms with E-state index in [1.807, 2.05) is 30.3 Å². The predicted molar refractivity (Wildman–Crippen MR) is 125 cm³/mol. The number of nitrogens with one attached hydrogen (secondary N) is 1.